The maximum atomic E-state index is 5.15. The minimum absolute atomic E-state index is 0. The van der Waals surface area contributed by atoms with Crippen molar-refractivity contribution < 1.29 is 25.9 Å². The smallest absolute Gasteiger partial charge is 0.0781 e. The molecule has 0 aromatic rings. The average molecular weight is 156 g/mol. The average Bonchev–Trinajstić information content (AvgIpc) is 1.69. The summed E-state index contributed by atoms with van der Waals surface area (Å²) in [6.07, 6.45) is 0.314. The standard InChI is InChI=1S/C5H10O2.3H2O/c1-5-4-6-2-3-7-5;;;/h5H,2-4H2,1H3;3*1H2. The molecule has 1 unspecified atom stereocenters. The van der Waals surface area contributed by atoms with E-state index >= 15 is 0 Å². The van der Waals surface area contributed by atoms with Crippen LogP contribution in [0.3, 0.4) is 0 Å². The molecule has 1 fully saturated rings. The van der Waals surface area contributed by atoms with Crippen LogP contribution in [0.5, 0.6) is 0 Å². The molecule has 0 bridgehead atoms. The molecule has 0 amide bonds. The van der Waals surface area contributed by atoms with Crippen LogP contribution in [0.15, 0.2) is 0 Å². The van der Waals surface area contributed by atoms with Gasteiger partial charge in [-0.2, -0.15) is 0 Å². The highest BCUT2D eigenvalue weighted by atomic mass is 16.6. The Morgan fingerprint density at radius 3 is 1.90 bits per heavy atom. The SMILES string of the molecule is CC1COCCO1.O.O.O. The van der Waals surface area contributed by atoms with Gasteiger partial charge in [-0.25, -0.2) is 0 Å². The van der Waals surface area contributed by atoms with Gasteiger partial charge in [0.25, 0.3) is 0 Å². The van der Waals surface area contributed by atoms with E-state index in [0.717, 1.165) is 19.8 Å². The fourth-order valence-corrected chi connectivity index (χ4v) is 0.606. The summed E-state index contributed by atoms with van der Waals surface area (Å²) in [6, 6.07) is 0. The van der Waals surface area contributed by atoms with Gasteiger partial charge in [0.1, 0.15) is 0 Å². The van der Waals surface area contributed by atoms with Gasteiger partial charge in [0.2, 0.25) is 0 Å². The molecule has 1 saturated heterocycles. The lowest BCUT2D eigenvalue weighted by Crippen LogP contribution is -2.25. The van der Waals surface area contributed by atoms with Gasteiger partial charge in [-0.3, -0.25) is 0 Å². The maximum Gasteiger partial charge on any atom is 0.0781 e. The van der Waals surface area contributed by atoms with E-state index in [1.54, 1.807) is 0 Å². The Labute approximate surface area is 59.9 Å². The van der Waals surface area contributed by atoms with Crippen molar-refractivity contribution in [2.75, 3.05) is 19.8 Å². The summed E-state index contributed by atoms with van der Waals surface area (Å²) in [4.78, 5) is 0. The summed E-state index contributed by atoms with van der Waals surface area (Å²) in [5, 5.41) is 0. The fraction of sp³-hybridized carbons (Fsp3) is 1.00. The van der Waals surface area contributed by atoms with E-state index in [1.807, 2.05) is 6.92 Å². The number of hydrogen-bond donors (Lipinski definition) is 0. The van der Waals surface area contributed by atoms with Crippen LogP contribution in [0.2, 0.25) is 0 Å². The Morgan fingerprint density at radius 1 is 1.10 bits per heavy atom. The second kappa shape index (κ2) is 8.80. The van der Waals surface area contributed by atoms with Crippen molar-refractivity contribution in [2.24, 2.45) is 0 Å². The summed E-state index contributed by atoms with van der Waals surface area (Å²) in [5.41, 5.74) is 0. The van der Waals surface area contributed by atoms with Gasteiger partial charge in [0, 0.05) is 0 Å². The second-order valence-electron chi connectivity index (χ2n) is 1.76. The highest BCUT2D eigenvalue weighted by Gasteiger charge is 2.06. The first kappa shape index (κ1) is 16.4. The summed E-state index contributed by atoms with van der Waals surface area (Å²) in [7, 11) is 0. The minimum Gasteiger partial charge on any atom is -0.412 e. The lowest BCUT2D eigenvalue weighted by Gasteiger charge is -2.18. The highest BCUT2D eigenvalue weighted by Crippen LogP contribution is 1.96. The maximum absolute atomic E-state index is 5.15. The Balaban J connectivity index is -0.000000163. The normalized spacial score (nSPS) is 23.1. The molecule has 0 spiro atoms. The molecular weight excluding hydrogens is 140 g/mol. The van der Waals surface area contributed by atoms with E-state index < -0.39 is 0 Å². The first-order chi connectivity index (χ1) is 3.39. The molecule has 0 aromatic carbocycles. The lowest BCUT2D eigenvalue weighted by atomic mass is 10.4. The van der Waals surface area contributed by atoms with Gasteiger partial charge >= 0.3 is 0 Å². The molecule has 5 heteroatoms. The molecule has 1 atom stereocenters. The molecule has 0 aromatic heterocycles. The van der Waals surface area contributed by atoms with E-state index in [4.69, 9.17) is 9.47 Å². The van der Waals surface area contributed by atoms with Crippen LogP contribution in [0.4, 0.5) is 0 Å². The molecule has 0 aliphatic carbocycles. The van der Waals surface area contributed by atoms with Crippen molar-refractivity contribution >= 4 is 0 Å². The molecule has 1 heterocycles. The van der Waals surface area contributed by atoms with Gasteiger partial charge in [0.05, 0.1) is 25.9 Å². The zero-order chi connectivity index (χ0) is 5.11. The van der Waals surface area contributed by atoms with Crippen molar-refractivity contribution in [3.8, 4) is 0 Å². The third-order valence-corrected chi connectivity index (χ3v) is 0.983. The number of rotatable bonds is 0. The van der Waals surface area contributed by atoms with E-state index in [0.29, 0.717) is 6.10 Å². The summed E-state index contributed by atoms with van der Waals surface area (Å²) in [6.45, 7) is 4.31. The first-order valence-electron chi connectivity index (χ1n) is 2.59. The van der Waals surface area contributed by atoms with Crippen molar-refractivity contribution in [3.63, 3.8) is 0 Å². The molecule has 0 saturated carbocycles. The quantitative estimate of drug-likeness (QED) is 0.401. The van der Waals surface area contributed by atoms with Crippen LogP contribution in [-0.2, 0) is 9.47 Å². The van der Waals surface area contributed by atoms with Crippen molar-refractivity contribution in [3.05, 3.63) is 0 Å². The Kier molecular flexibility index (Phi) is 14.4. The van der Waals surface area contributed by atoms with Gasteiger partial charge in [0.15, 0.2) is 0 Å². The Morgan fingerprint density at radius 2 is 1.70 bits per heavy atom. The molecule has 66 valence electrons. The third kappa shape index (κ3) is 5.93. The Hall–Kier alpha value is -0.200. The van der Waals surface area contributed by atoms with Gasteiger partial charge in [-0.1, -0.05) is 0 Å². The first-order valence-corrected chi connectivity index (χ1v) is 2.59. The highest BCUT2D eigenvalue weighted by molar-refractivity contribution is 4.50. The van der Waals surface area contributed by atoms with Crippen LogP contribution >= 0.6 is 0 Å². The summed E-state index contributed by atoms with van der Waals surface area (Å²) >= 11 is 0. The Bertz CT molecular complexity index is 52.0. The van der Waals surface area contributed by atoms with Crippen LogP contribution in [0.1, 0.15) is 6.92 Å². The fourth-order valence-electron chi connectivity index (χ4n) is 0.606. The van der Waals surface area contributed by atoms with Gasteiger partial charge in [-0.15, -0.1) is 0 Å². The third-order valence-electron chi connectivity index (χ3n) is 0.983. The molecule has 6 N–H and O–H groups in total. The van der Waals surface area contributed by atoms with Crippen molar-refractivity contribution in [1.82, 2.24) is 0 Å². The molecule has 0 radical (unpaired) electrons. The van der Waals surface area contributed by atoms with E-state index in [2.05, 4.69) is 0 Å². The molecular formula is C5H16O5. The molecule has 1 aliphatic rings. The molecule has 1 aliphatic heterocycles. The van der Waals surface area contributed by atoms with E-state index in [-0.39, 0.29) is 16.4 Å². The molecule has 5 nitrogen and oxygen atoms in total. The summed E-state index contributed by atoms with van der Waals surface area (Å²) in [5.74, 6) is 0. The van der Waals surface area contributed by atoms with Crippen LogP contribution < -0.4 is 0 Å². The molecule has 1 rings (SSSR count). The van der Waals surface area contributed by atoms with Gasteiger partial charge < -0.3 is 25.9 Å². The van der Waals surface area contributed by atoms with Crippen LogP contribution in [-0.4, -0.2) is 42.4 Å². The predicted octanol–water partition coefficient (Wildman–Crippen LogP) is -2.05. The van der Waals surface area contributed by atoms with Crippen molar-refractivity contribution in [2.45, 2.75) is 13.0 Å². The summed E-state index contributed by atoms with van der Waals surface area (Å²) < 4.78 is 10.2. The lowest BCUT2D eigenvalue weighted by molar-refractivity contribution is -0.0797. The zero-order valence-corrected chi connectivity index (χ0v) is 6.02. The van der Waals surface area contributed by atoms with Crippen LogP contribution in [0, 0.1) is 0 Å². The van der Waals surface area contributed by atoms with Crippen LogP contribution in [0.25, 0.3) is 0 Å². The second-order valence-corrected chi connectivity index (χ2v) is 1.76. The van der Waals surface area contributed by atoms with E-state index in [9.17, 15) is 0 Å². The number of hydrogen-bond acceptors (Lipinski definition) is 2. The predicted molar refractivity (Wildman–Crippen MR) is 37.1 cm³/mol. The number of ether oxygens (including phenoxy) is 2. The van der Waals surface area contributed by atoms with Crippen molar-refractivity contribution in [1.29, 1.82) is 0 Å². The van der Waals surface area contributed by atoms with E-state index in [1.165, 1.54) is 0 Å². The minimum atomic E-state index is 0. The largest absolute Gasteiger partial charge is 0.412 e. The molecule has 10 heavy (non-hydrogen) atoms. The van der Waals surface area contributed by atoms with Gasteiger partial charge in [-0.05, 0) is 6.92 Å². The monoisotopic (exact) mass is 156 g/mol. The topological polar surface area (TPSA) is 113 Å². The zero-order valence-electron chi connectivity index (χ0n) is 6.02.